The summed E-state index contributed by atoms with van der Waals surface area (Å²) in [6, 6.07) is 8.07. The summed E-state index contributed by atoms with van der Waals surface area (Å²) in [5.74, 6) is -0.0518. The van der Waals surface area contributed by atoms with Crippen molar-refractivity contribution in [1.82, 2.24) is 26.0 Å². The normalized spacial score (nSPS) is 27.3. The van der Waals surface area contributed by atoms with E-state index in [1.54, 1.807) is 11.0 Å². The molecule has 3 N–H and O–H groups in total. The van der Waals surface area contributed by atoms with Crippen LogP contribution in [0, 0.1) is 18.8 Å². The highest BCUT2D eigenvalue weighted by Gasteiger charge is 2.49. The van der Waals surface area contributed by atoms with E-state index in [0.29, 0.717) is 12.5 Å². The molecule has 2 fully saturated rings. The Kier molecular flexibility index (Phi) is 5.61. The third-order valence-electron chi connectivity index (χ3n) is 6.43. The van der Waals surface area contributed by atoms with E-state index in [9.17, 15) is 9.59 Å². The summed E-state index contributed by atoms with van der Waals surface area (Å²) >= 11 is 0. The van der Waals surface area contributed by atoms with Crippen LogP contribution < -0.4 is 16.1 Å². The highest BCUT2D eigenvalue weighted by atomic mass is 16.2. The molecule has 2 amide bonds. The van der Waals surface area contributed by atoms with Gasteiger partial charge in [-0.1, -0.05) is 24.3 Å². The first-order chi connectivity index (χ1) is 14.0. The lowest BCUT2D eigenvalue weighted by molar-refractivity contribution is -0.136. The number of benzene rings is 1. The number of aryl methyl sites for hydroxylation is 1. The first-order valence-corrected chi connectivity index (χ1v) is 10.5. The number of amides is 2. The van der Waals surface area contributed by atoms with Crippen molar-refractivity contribution < 1.29 is 9.59 Å². The third kappa shape index (κ3) is 3.89. The number of hydrogen-bond acceptors (Lipinski definition) is 5. The molecule has 3 unspecified atom stereocenters. The van der Waals surface area contributed by atoms with E-state index in [2.05, 4.69) is 35.1 Å². The van der Waals surface area contributed by atoms with Crippen LogP contribution in [0.3, 0.4) is 0 Å². The largest absolute Gasteiger partial charge is 0.341 e. The predicted octanol–water partition coefficient (Wildman–Crippen LogP) is 1.12. The van der Waals surface area contributed by atoms with E-state index in [4.69, 9.17) is 0 Å². The van der Waals surface area contributed by atoms with Crippen molar-refractivity contribution in [3.63, 3.8) is 0 Å². The molecule has 0 aromatic heterocycles. The molecule has 1 aromatic rings. The van der Waals surface area contributed by atoms with Crippen LogP contribution >= 0.6 is 0 Å². The van der Waals surface area contributed by atoms with Crippen LogP contribution in [-0.4, -0.2) is 54.1 Å². The van der Waals surface area contributed by atoms with Gasteiger partial charge in [-0.2, -0.15) is 0 Å². The lowest BCUT2D eigenvalue weighted by Crippen LogP contribution is -2.56. The van der Waals surface area contributed by atoms with Crippen molar-refractivity contribution in [1.29, 1.82) is 0 Å². The molecule has 0 radical (unpaired) electrons. The molecule has 29 heavy (non-hydrogen) atoms. The van der Waals surface area contributed by atoms with Crippen molar-refractivity contribution in [2.24, 2.45) is 11.8 Å². The number of hydrogen-bond donors (Lipinski definition) is 3. The fourth-order valence-corrected chi connectivity index (χ4v) is 4.75. The molecule has 0 saturated carbocycles. The second-order valence-electron chi connectivity index (χ2n) is 8.48. The van der Waals surface area contributed by atoms with Crippen molar-refractivity contribution in [3.8, 4) is 0 Å². The van der Waals surface area contributed by atoms with E-state index in [1.807, 2.05) is 31.1 Å². The molecule has 7 nitrogen and oxygen atoms in total. The zero-order valence-corrected chi connectivity index (χ0v) is 17.4. The minimum absolute atomic E-state index is 0.0487. The maximum atomic E-state index is 13.4. The number of hydrazine groups is 1. The average molecular weight is 398 g/mol. The minimum atomic E-state index is -0.348. The fraction of sp³-hybridized carbons (Fsp3) is 0.545. The van der Waals surface area contributed by atoms with E-state index in [1.165, 1.54) is 5.56 Å². The van der Waals surface area contributed by atoms with E-state index in [0.717, 1.165) is 37.2 Å². The zero-order valence-electron chi connectivity index (χ0n) is 17.4. The number of rotatable bonds is 4. The van der Waals surface area contributed by atoms with Gasteiger partial charge in [0.25, 0.3) is 0 Å². The molecular formula is C22H31N5O2. The second kappa shape index (κ2) is 8.16. The van der Waals surface area contributed by atoms with Crippen LogP contribution in [0.5, 0.6) is 0 Å². The van der Waals surface area contributed by atoms with Gasteiger partial charge in [-0.05, 0) is 50.9 Å². The number of carbonyl (C=O) groups excluding carboxylic acids is 2. The Morgan fingerprint density at radius 2 is 1.97 bits per heavy atom. The van der Waals surface area contributed by atoms with Gasteiger partial charge < -0.3 is 15.5 Å². The Morgan fingerprint density at radius 3 is 2.69 bits per heavy atom. The summed E-state index contributed by atoms with van der Waals surface area (Å²) in [4.78, 5) is 27.6. The van der Waals surface area contributed by atoms with E-state index < -0.39 is 0 Å². The summed E-state index contributed by atoms with van der Waals surface area (Å²) in [5.41, 5.74) is 6.80. The number of allylic oxidation sites excluding steroid dienone is 1. The number of nitrogens with zero attached hydrogens (tertiary/aromatic N) is 2. The first kappa shape index (κ1) is 19.9. The van der Waals surface area contributed by atoms with Gasteiger partial charge in [0.2, 0.25) is 11.8 Å². The lowest BCUT2D eigenvalue weighted by Gasteiger charge is -2.39. The van der Waals surface area contributed by atoms with Crippen LogP contribution in [0.1, 0.15) is 30.9 Å². The second-order valence-corrected chi connectivity index (χ2v) is 8.48. The Hall–Kier alpha value is -2.38. The van der Waals surface area contributed by atoms with Gasteiger partial charge in [0.05, 0.1) is 5.92 Å². The SMILES string of the molecule is Cc1ccccc1CN(C)C(=O)C1C(C)NN2C(C3CCNCC3)=CC(=O)NC12. The van der Waals surface area contributed by atoms with Gasteiger partial charge in [0.15, 0.2) is 0 Å². The van der Waals surface area contributed by atoms with Crippen LogP contribution in [0.2, 0.25) is 0 Å². The maximum absolute atomic E-state index is 13.4. The Labute approximate surface area is 172 Å². The molecular weight excluding hydrogens is 366 g/mol. The highest BCUT2D eigenvalue weighted by Crippen LogP contribution is 2.34. The molecule has 0 spiro atoms. The van der Waals surface area contributed by atoms with Gasteiger partial charge in [-0.15, -0.1) is 0 Å². The first-order valence-electron chi connectivity index (χ1n) is 10.5. The molecule has 0 bridgehead atoms. The maximum Gasteiger partial charge on any atom is 0.247 e. The van der Waals surface area contributed by atoms with Crippen molar-refractivity contribution in [3.05, 3.63) is 47.2 Å². The Balaban J connectivity index is 1.52. The standard InChI is InChI=1S/C22H31N5O2/c1-14-6-4-5-7-17(14)13-26(3)22(29)20-15(2)25-27-18(12-19(28)24-21(20)27)16-8-10-23-11-9-16/h4-7,12,15-16,20-21,23,25H,8-11,13H2,1-3H3,(H,24,28). The monoisotopic (exact) mass is 397 g/mol. The Morgan fingerprint density at radius 1 is 1.24 bits per heavy atom. The van der Waals surface area contributed by atoms with Crippen LogP contribution in [0.25, 0.3) is 0 Å². The molecule has 7 heteroatoms. The molecule has 156 valence electrons. The smallest absolute Gasteiger partial charge is 0.247 e. The molecule has 3 atom stereocenters. The van der Waals surface area contributed by atoms with Gasteiger partial charge in [-0.3, -0.25) is 14.6 Å². The van der Waals surface area contributed by atoms with Crippen LogP contribution in [0.4, 0.5) is 0 Å². The molecule has 2 saturated heterocycles. The molecule has 3 aliphatic heterocycles. The van der Waals surface area contributed by atoms with Crippen LogP contribution in [0.15, 0.2) is 36.0 Å². The van der Waals surface area contributed by atoms with Crippen molar-refractivity contribution in [2.75, 3.05) is 20.1 Å². The van der Waals surface area contributed by atoms with Gasteiger partial charge in [0, 0.05) is 37.3 Å². The predicted molar refractivity (Wildman–Crippen MR) is 111 cm³/mol. The molecule has 0 aliphatic carbocycles. The quantitative estimate of drug-likeness (QED) is 0.710. The van der Waals surface area contributed by atoms with Gasteiger partial charge >= 0.3 is 0 Å². The van der Waals surface area contributed by atoms with Crippen molar-refractivity contribution in [2.45, 2.75) is 45.4 Å². The average Bonchev–Trinajstić information content (AvgIpc) is 3.04. The summed E-state index contributed by atoms with van der Waals surface area (Å²) in [6.07, 6.45) is 3.36. The summed E-state index contributed by atoms with van der Waals surface area (Å²) in [6.45, 7) is 6.56. The number of piperidine rings is 1. The number of carbonyl (C=O) groups is 2. The summed E-state index contributed by atoms with van der Waals surface area (Å²) in [7, 11) is 1.85. The topological polar surface area (TPSA) is 76.7 Å². The van der Waals surface area contributed by atoms with Crippen molar-refractivity contribution >= 4 is 11.8 Å². The van der Waals surface area contributed by atoms with Gasteiger partial charge in [0.1, 0.15) is 6.17 Å². The zero-order chi connectivity index (χ0) is 20.5. The molecule has 1 aromatic carbocycles. The third-order valence-corrected chi connectivity index (χ3v) is 6.43. The molecule has 3 heterocycles. The van der Waals surface area contributed by atoms with E-state index in [-0.39, 0.29) is 29.9 Å². The summed E-state index contributed by atoms with van der Waals surface area (Å²) in [5, 5.41) is 8.45. The lowest BCUT2D eigenvalue weighted by atomic mass is 9.91. The van der Waals surface area contributed by atoms with E-state index >= 15 is 0 Å². The molecule has 4 rings (SSSR count). The summed E-state index contributed by atoms with van der Waals surface area (Å²) < 4.78 is 0. The number of nitrogens with one attached hydrogen (secondary N) is 3. The molecule has 3 aliphatic rings. The van der Waals surface area contributed by atoms with Crippen LogP contribution in [-0.2, 0) is 16.1 Å². The Bertz CT molecular complexity index is 817. The number of fused-ring (bicyclic) bond motifs is 1. The minimum Gasteiger partial charge on any atom is -0.341 e. The van der Waals surface area contributed by atoms with Gasteiger partial charge in [-0.25, -0.2) is 5.43 Å². The fourth-order valence-electron chi connectivity index (χ4n) is 4.75. The highest BCUT2D eigenvalue weighted by molar-refractivity contribution is 5.90.